The Kier molecular flexibility index (Phi) is 4.92. The minimum absolute atomic E-state index is 0.0169. The van der Waals surface area contributed by atoms with Crippen LogP contribution in [0.3, 0.4) is 0 Å². The summed E-state index contributed by atoms with van der Waals surface area (Å²) in [6, 6.07) is 2.53. The molecule has 0 aliphatic heterocycles. The first-order valence-corrected chi connectivity index (χ1v) is 7.11. The number of carboxylic acid groups (broad SMARTS) is 1. The number of nitrogens with one attached hydrogen (secondary N) is 1. The zero-order valence-electron chi connectivity index (χ0n) is 12.4. The fraction of sp³-hybridized carbons (Fsp3) is 0.571. The van der Waals surface area contributed by atoms with Crippen LogP contribution < -0.4 is 10.9 Å². The fourth-order valence-corrected chi connectivity index (χ4v) is 2.56. The Morgan fingerprint density at radius 1 is 1.41 bits per heavy atom. The van der Waals surface area contributed by atoms with Crippen molar-refractivity contribution >= 4 is 11.9 Å². The molecule has 0 radical (unpaired) electrons. The van der Waals surface area contributed by atoms with E-state index in [0.717, 1.165) is 17.5 Å². The summed E-state index contributed by atoms with van der Waals surface area (Å²) < 4.78 is 6.00. The van der Waals surface area contributed by atoms with Crippen LogP contribution >= 0.6 is 0 Å². The van der Waals surface area contributed by atoms with Crippen molar-refractivity contribution in [1.29, 1.82) is 0 Å². The first-order valence-electron chi connectivity index (χ1n) is 7.11. The third-order valence-corrected chi connectivity index (χ3v) is 3.83. The Hall–Kier alpha value is -2.22. The number of nitrogens with zero attached hydrogens (tertiary/aromatic N) is 2. The first-order chi connectivity index (χ1) is 10.5. The number of carboxylic acids is 1. The molecule has 0 spiro atoms. The van der Waals surface area contributed by atoms with E-state index in [2.05, 4.69) is 10.4 Å². The summed E-state index contributed by atoms with van der Waals surface area (Å²) in [5.41, 5.74) is -1.56. The second-order valence-electron chi connectivity index (χ2n) is 5.32. The molecule has 2 N–H and O–H groups in total. The van der Waals surface area contributed by atoms with Gasteiger partial charge in [0.25, 0.3) is 11.5 Å². The van der Waals surface area contributed by atoms with Crippen molar-refractivity contribution in [1.82, 2.24) is 15.1 Å². The Morgan fingerprint density at radius 3 is 2.68 bits per heavy atom. The van der Waals surface area contributed by atoms with Crippen molar-refractivity contribution in [3.05, 3.63) is 28.2 Å². The van der Waals surface area contributed by atoms with E-state index < -0.39 is 17.4 Å². The molecule has 0 bridgehead atoms. The van der Waals surface area contributed by atoms with Gasteiger partial charge in [0.2, 0.25) is 0 Å². The van der Waals surface area contributed by atoms with Gasteiger partial charge in [0.1, 0.15) is 11.2 Å². The van der Waals surface area contributed by atoms with Crippen molar-refractivity contribution in [3.8, 4) is 0 Å². The average molecular weight is 309 g/mol. The highest BCUT2D eigenvalue weighted by atomic mass is 16.5. The predicted molar refractivity (Wildman–Crippen MR) is 76.7 cm³/mol. The van der Waals surface area contributed by atoms with Crippen LogP contribution in [0.25, 0.3) is 0 Å². The molecular weight excluding hydrogens is 290 g/mol. The molecule has 2 rings (SSSR count). The van der Waals surface area contributed by atoms with Gasteiger partial charge < -0.3 is 15.2 Å². The van der Waals surface area contributed by atoms with Crippen LogP contribution in [-0.2, 0) is 16.1 Å². The number of methoxy groups -OCH3 is 1. The summed E-state index contributed by atoms with van der Waals surface area (Å²) in [6.07, 6.45) is 2.31. The third-order valence-electron chi connectivity index (χ3n) is 3.83. The summed E-state index contributed by atoms with van der Waals surface area (Å²) >= 11 is 0. The molecule has 1 heterocycles. The van der Waals surface area contributed by atoms with Crippen molar-refractivity contribution in [2.24, 2.45) is 0 Å². The smallest absolute Gasteiger partial charge is 0.329 e. The number of carbonyl (C=O) groups is 2. The molecule has 1 aliphatic carbocycles. The van der Waals surface area contributed by atoms with Gasteiger partial charge in [0.15, 0.2) is 0 Å². The van der Waals surface area contributed by atoms with Crippen molar-refractivity contribution < 1.29 is 19.4 Å². The molecule has 22 heavy (non-hydrogen) atoms. The SMILES string of the molecule is COCCn1nc(C(=O)NC2(C(=O)O)CCCC2)ccc1=O. The van der Waals surface area contributed by atoms with Crippen LogP contribution in [0.2, 0.25) is 0 Å². The Morgan fingerprint density at radius 2 is 2.09 bits per heavy atom. The number of aromatic nitrogens is 2. The molecule has 1 fully saturated rings. The molecular formula is C14H19N3O5. The van der Waals surface area contributed by atoms with E-state index in [9.17, 15) is 19.5 Å². The van der Waals surface area contributed by atoms with E-state index >= 15 is 0 Å². The summed E-state index contributed by atoms with van der Waals surface area (Å²) in [4.78, 5) is 35.3. The van der Waals surface area contributed by atoms with Crippen molar-refractivity contribution in [3.63, 3.8) is 0 Å². The summed E-state index contributed by atoms with van der Waals surface area (Å²) in [7, 11) is 1.50. The van der Waals surface area contributed by atoms with Crippen molar-refractivity contribution in [2.75, 3.05) is 13.7 Å². The van der Waals surface area contributed by atoms with Gasteiger partial charge in [-0.2, -0.15) is 5.10 Å². The van der Waals surface area contributed by atoms with Gasteiger partial charge in [-0.25, -0.2) is 9.48 Å². The number of hydrogen-bond acceptors (Lipinski definition) is 5. The number of amides is 1. The number of aliphatic carboxylic acids is 1. The van der Waals surface area contributed by atoms with Gasteiger partial charge in [-0.15, -0.1) is 0 Å². The quantitative estimate of drug-likeness (QED) is 0.766. The summed E-state index contributed by atoms with van der Waals surface area (Å²) in [5, 5.41) is 15.9. The molecule has 0 saturated heterocycles. The molecule has 8 nitrogen and oxygen atoms in total. The van der Waals surface area contributed by atoms with E-state index in [0.29, 0.717) is 12.8 Å². The lowest BCUT2D eigenvalue weighted by atomic mass is 9.97. The maximum absolute atomic E-state index is 12.3. The van der Waals surface area contributed by atoms with Gasteiger partial charge in [-0.1, -0.05) is 12.8 Å². The topological polar surface area (TPSA) is 111 Å². The molecule has 120 valence electrons. The van der Waals surface area contributed by atoms with Crippen LogP contribution in [-0.4, -0.2) is 46.0 Å². The highest BCUT2D eigenvalue weighted by Gasteiger charge is 2.42. The molecule has 1 amide bonds. The number of carbonyl (C=O) groups excluding carboxylic acids is 1. The molecule has 1 aromatic heterocycles. The zero-order chi connectivity index (χ0) is 16.2. The van der Waals surface area contributed by atoms with Gasteiger partial charge in [-0.3, -0.25) is 9.59 Å². The molecule has 0 unspecified atom stereocenters. The standard InChI is InChI=1S/C14H19N3O5/c1-22-9-8-17-11(18)5-4-10(16-17)12(19)15-14(13(20)21)6-2-3-7-14/h4-5H,2-3,6-9H2,1H3,(H,15,19)(H,20,21). The van der Waals surface area contributed by atoms with E-state index in [1.54, 1.807) is 0 Å². The van der Waals surface area contributed by atoms with E-state index in [4.69, 9.17) is 4.74 Å². The van der Waals surface area contributed by atoms with E-state index in [1.807, 2.05) is 0 Å². The van der Waals surface area contributed by atoms with Gasteiger partial charge in [0.05, 0.1) is 13.2 Å². The van der Waals surface area contributed by atoms with E-state index in [1.165, 1.54) is 19.2 Å². The van der Waals surface area contributed by atoms with Crippen LogP contribution in [0.5, 0.6) is 0 Å². The zero-order valence-corrected chi connectivity index (χ0v) is 12.4. The lowest BCUT2D eigenvalue weighted by Crippen LogP contribution is -2.52. The maximum atomic E-state index is 12.3. The number of ether oxygens (including phenoxy) is 1. The third kappa shape index (κ3) is 3.33. The molecule has 0 aromatic carbocycles. The second-order valence-corrected chi connectivity index (χ2v) is 5.32. The highest BCUT2D eigenvalue weighted by Crippen LogP contribution is 2.30. The molecule has 1 aliphatic rings. The van der Waals surface area contributed by atoms with Crippen LogP contribution in [0.4, 0.5) is 0 Å². The molecule has 1 aromatic rings. The lowest BCUT2D eigenvalue weighted by Gasteiger charge is -2.25. The number of rotatable bonds is 6. The highest BCUT2D eigenvalue weighted by molar-refractivity contribution is 5.96. The fourth-order valence-electron chi connectivity index (χ4n) is 2.56. The van der Waals surface area contributed by atoms with Crippen LogP contribution in [0.15, 0.2) is 16.9 Å². The summed E-state index contributed by atoms with van der Waals surface area (Å²) in [5.74, 6) is -1.62. The minimum Gasteiger partial charge on any atom is -0.480 e. The molecule has 8 heteroatoms. The molecule has 0 atom stereocenters. The maximum Gasteiger partial charge on any atom is 0.329 e. The van der Waals surface area contributed by atoms with E-state index in [-0.39, 0.29) is 24.4 Å². The van der Waals surface area contributed by atoms with Crippen LogP contribution in [0.1, 0.15) is 36.2 Å². The summed E-state index contributed by atoms with van der Waals surface area (Å²) in [6.45, 7) is 0.511. The molecule has 1 saturated carbocycles. The monoisotopic (exact) mass is 309 g/mol. The largest absolute Gasteiger partial charge is 0.480 e. The normalized spacial score (nSPS) is 16.4. The van der Waals surface area contributed by atoms with Crippen molar-refractivity contribution in [2.45, 2.75) is 37.8 Å². The van der Waals surface area contributed by atoms with Gasteiger partial charge >= 0.3 is 5.97 Å². The Bertz CT molecular complexity index is 619. The average Bonchev–Trinajstić information content (AvgIpc) is 2.96. The predicted octanol–water partition coefficient (Wildman–Crippen LogP) is 0.0169. The minimum atomic E-state index is -1.23. The first kappa shape index (κ1) is 16.2. The van der Waals surface area contributed by atoms with Gasteiger partial charge in [-0.05, 0) is 18.9 Å². The second kappa shape index (κ2) is 6.69. The van der Waals surface area contributed by atoms with Gasteiger partial charge in [0, 0.05) is 13.2 Å². The lowest BCUT2D eigenvalue weighted by molar-refractivity contribution is -0.144. The Labute approximate surface area is 127 Å². The van der Waals surface area contributed by atoms with Crippen LogP contribution in [0, 0.1) is 0 Å². The number of hydrogen-bond donors (Lipinski definition) is 2. The Balaban J connectivity index is 2.19.